The SMILES string of the molecule is CC(CCS)SC(F)(F)F. The second kappa shape index (κ2) is 4.38. The van der Waals surface area contributed by atoms with Crippen molar-refractivity contribution in [1.82, 2.24) is 0 Å². The van der Waals surface area contributed by atoms with Crippen LogP contribution in [0.5, 0.6) is 0 Å². The number of hydrogen-bond acceptors (Lipinski definition) is 2. The van der Waals surface area contributed by atoms with Crippen LogP contribution in [-0.2, 0) is 0 Å². The minimum absolute atomic E-state index is 0.0324. The summed E-state index contributed by atoms with van der Waals surface area (Å²) in [5.41, 5.74) is -4.09. The summed E-state index contributed by atoms with van der Waals surface area (Å²) in [7, 11) is 0. The third kappa shape index (κ3) is 6.61. The zero-order chi connectivity index (χ0) is 8.20. The Balaban J connectivity index is 3.47. The molecule has 0 nitrogen and oxygen atoms in total. The van der Waals surface area contributed by atoms with E-state index in [4.69, 9.17) is 0 Å². The molecular weight excluding hydrogens is 181 g/mol. The lowest BCUT2D eigenvalue weighted by Gasteiger charge is -2.11. The molecule has 0 N–H and O–H groups in total. The summed E-state index contributed by atoms with van der Waals surface area (Å²) >= 11 is 3.86. The van der Waals surface area contributed by atoms with Gasteiger partial charge in [0.15, 0.2) is 0 Å². The molecule has 0 aliphatic rings. The molecule has 0 spiro atoms. The molecule has 0 amide bonds. The van der Waals surface area contributed by atoms with Crippen LogP contribution in [0.25, 0.3) is 0 Å². The Kier molecular flexibility index (Phi) is 4.60. The van der Waals surface area contributed by atoms with E-state index in [-0.39, 0.29) is 17.0 Å². The average Bonchev–Trinajstić information content (AvgIpc) is 1.59. The highest BCUT2D eigenvalue weighted by molar-refractivity contribution is 8.00. The van der Waals surface area contributed by atoms with Crippen molar-refractivity contribution in [3.63, 3.8) is 0 Å². The molecule has 0 aromatic heterocycles. The van der Waals surface area contributed by atoms with Crippen molar-refractivity contribution in [3.05, 3.63) is 0 Å². The first kappa shape index (κ1) is 10.5. The second-order valence-electron chi connectivity index (χ2n) is 1.89. The number of hydrogen-bond donors (Lipinski definition) is 1. The van der Waals surface area contributed by atoms with Gasteiger partial charge in [-0.2, -0.15) is 25.8 Å². The molecule has 0 bridgehead atoms. The minimum Gasteiger partial charge on any atom is -0.179 e. The molecule has 62 valence electrons. The number of thiol groups is 1. The van der Waals surface area contributed by atoms with Crippen LogP contribution in [0.2, 0.25) is 0 Å². The van der Waals surface area contributed by atoms with E-state index in [1.54, 1.807) is 6.92 Å². The lowest BCUT2D eigenvalue weighted by molar-refractivity contribution is -0.0333. The van der Waals surface area contributed by atoms with E-state index >= 15 is 0 Å². The zero-order valence-corrected chi connectivity index (χ0v) is 7.19. The fourth-order valence-electron chi connectivity index (χ4n) is 0.469. The molecule has 0 fully saturated rings. The predicted octanol–water partition coefficient (Wildman–Crippen LogP) is 2.95. The van der Waals surface area contributed by atoms with E-state index in [1.165, 1.54) is 0 Å². The van der Waals surface area contributed by atoms with Crippen LogP contribution in [0.3, 0.4) is 0 Å². The molecule has 10 heavy (non-hydrogen) atoms. The van der Waals surface area contributed by atoms with Crippen molar-refractivity contribution in [2.24, 2.45) is 0 Å². The van der Waals surface area contributed by atoms with Crippen LogP contribution in [0.1, 0.15) is 13.3 Å². The Morgan fingerprint density at radius 1 is 1.50 bits per heavy atom. The highest BCUT2D eigenvalue weighted by Crippen LogP contribution is 2.34. The maximum Gasteiger partial charge on any atom is 0.442 e. The van der Waals surface area contributed by atoms with Gasteiger partial charge in [0.2, 0.25) is 0 Å². The first-order chi connectivity index (χ1) is 4.45. The number of thioether (sulfide) groups is 1. The van der Waals surface area contributed by atoms with E-state index in [1.807, 2.05) is 0 Å². The van der Waals surface area contributed by atoms with Crippen molar-refractivity contribution in [2.75, 3.05) is 5.75 Å². The van der Waals surface area contributed by atoms with Crippen molar-refractivity contribution >= 4 is 24.4 Å². The van der Waals surface area contributed by atoms with E-state index in [0.29, 0.717) is 12.2 Å². The highest BCUT2D eigenvalue weighted by Gasteiger charge is 2.30. The molecule has 0 saturated carbocycles. The topological polar surface area (TPSA) is 0 Å². The lowest BCUT2D eigenvalue weighted by Crippen LogP contribution is -2.08. The van der Waals surface area contributed by atoms with Gasteiger partial charge in [-0.1, -0.05) is 6.92 Å². The summed E-state index contributed by atoms with van der Waals surface area (Å²) in [5, 5.41) is -0.377. The molecule has 1 unspecified atom stereocenters. The molecule has 0 radical (unpaired) electrons. The van der Waals surface area contributed by atoms with E-state index in [0.717, 1.165) is 0 Å². The largest absolute Gasteiger partial charge is 0.442 e. The average molecular weight is 190 g/mol. The smallest absolute Gasteiger partial charge is 0.179 e. The normalized spacial score (nSPS) is 15.3. The number of rotatable bonds is 3. The van der Waals surface area contributed by atoms with Gasteiger partial charge in [-0.25, -0.2) is 0 Å². The summed E-state index contributed by atoms with van der Waals surface area (Å²) < 4.78 is 34.7. The third-order valence-electron chi connectivity index (χ3n) is 0.870. The maximum atomic E-state index is 11.6. The van der Waals surface area contributed by atoms with Crippen molar-refractivity contribution < 1.29 is 13.2 Å². The van der Waals surface area contributed by atoms with Crippen LogP contribution in [0.4, 0.5) is 13.2 Å². The van der Waals surface area contributed by atoms with Crippen molar-refractivity contribution in [1.29, 1.82) is 0 Å². The van der Waals surface area contributed by atoms with E-state index in [9.17, 15) is 13.2 Å². The van der Waals surface area contributed by atoms with Crippen LogP contribution in [0, 0.1) is 0 Å². The van der Waals surface area contributed by atoms with Crippen LogP contribution in [-0.4, -0.2) is 16.5 Å². The minimum atomic E-state index is -4.09. The molecule has 0 aromatic rings. The molecule has 0 rings (SSSR count). The lowest BCUT2D eigenvalue weighted by atomic mass is 10.4. The van der Waals surface area contributed by atoms with Crippen LogP contribution < -0.4 is 0 Å². The monoisotopic (exact) mass is 190 g/mol. The Morgan fingerprint density at radius 2 is 2.00 bits per heavy atom. The Bertz CT molecular complexity index is 91.4. The van der Waals surface area contributed by atoms with E-state index < -0.39 is 5.51 Å². The Labute approximate surface area is 68.0 Å². The molecule has 0 aliphatic heterocycles. The highest BCUT2D eigenvalue weighted by atomic mass is 32.2. The number of alkyl halides is 3. The van der Waals surface area contributed by atoms with Crippen LogP contribution >= 0.6 is 24.4 Å². The summed E-state index contributed by atoms with van der Waals surface area (Å²) in [6, 6.07) is 0. The van der Waals surface area contributed by atoms with Gasteiger partial charge in [-0.05, 0) is 23.9 Å². The summed E-state index contributed by atoms with van der Waals surface area (Å²) in [5.74, 6) is 0.504. The van der Waals surface area contributed by atoms with Gasteiger partial charge in [0.1, 0.15) is 0 Å². The van der Waals surface area contributed by atoms with Gasteiger partial charge in [0.25, 0.3) is 0 Å². The number of halogens is 3. The fraction of sp³-hybridized carbons (Fsp3) is 1.00. The molecule has 0 heterocycles. The third-order valence-corrected chi connectivity index (χ3v) is 2.03. The summed E-state index contributed by atoms with van der Waals surface area (Å²) in [6.45, 7) is 1.55. The molecular formula is C5H9F3S2. The molecule has 1 atom stereocenters. The van der Waals surface area contributed by atoms with Crippen molar-refractivity contribution in [3.8, 4) is 0 Å². The molecule has 0 aromatic carbocycles. The predicted molar refractivity (Wildman–Crippen MR) is 41.6 cm³/mol. The van der Waals surface area contributed by atoms with Gasteiger partial charge in [-0.15, -0.1) is 0 Å². The Morgan fingerprint density at radius 3 is 2.30 bits per heavy atom. The standard InChI is InChI=1S/C5H9F3S2/c1-4(2-3-9)10-5(6,7)8/h4,9H,2-3H2,1H3. The van der Waals surface area contributed by atoms with Gasteiger partial charge in [-0.3, -0.25) is 0 Å². The van der Waals surface area contributed by atoms with Crippen LogP contribution in [0.15, 0.2) is 0 Å². The summed E-state index contributed by atoms with van der Waals surface area (Å²) in [4.78, 5) is 0. The maximum absolute atomic E-state index is 11.6. The quantitative estimate of drug-likeness (QED) is 0.667. The summed E-state index contributed by atoms with van der Waals surface area (Å²) in [6.07, 6.45) is 0.493. The Hall–Kier alpha value is 0.490. The molecule has 5 heteroatoms. The zero-order valence-electron chi connectivity index (χ0n) is 5.48. The first-order valence-corrected chi connectivity index (χ1v) is 4.32. The second-order valence-corrected chi connectivity index (χ2v) is 3.84. The molecule has 0 saturated heterocycles. The van der Waals surface area contributed by atoms with E-state index in [2.05, 4.69) is 12.6 Å². The van der Waals surface area contributed by atoms with Crippen molar-refractivity contribution in [2.45, 2.75) is 24.1 Å². The first-order valence-electron chi connectivity index (χ1n) is 2.81. The van der Waals surface area contributed by atoms with Gasteiger partial charge >= 0.3 is 5.51 Å². The van der Waals surface area contributed by atoms with Gasteiger partial charge in [0.05, 0.1) is 0 Å². The fourth-order valence-corrected chi connectivity index (χ4v) is 1.72. The van der Waals surface area contributed by atoms with Gasteiger partial charge in [0, 0.05) is 5.25 Å². The molecule has 0 aliphatic carbocycles. The van der Waals surface area contributed by atoms with Gasteiger partial charge < -0.3 is 0 Å².